The Kier molecular flexibility index (Phi) is 41.0. The number of hydrogen-bond acceptors (Lipinski definition) is 11. The number of hydrogen-bond donors (Lipinski definition) is 1. The van der Waals surface area contributed by atoms with Gasteiger partial charge in [-0.25, -0.2) is 0 Å². The van der Waals surface area contributed by atoms with Gasteiger partial charge in [0.25, 0.3) is 0 Å². The minimum Gasteiger partial charge on any atom is -0.463 e. The molecule has 2 N–H and O–H groups in total. The van der Waals surface area contributed by atoms with Crippen molar-refractivity contribution in [3.63, 3.8) is 0 Å². The molecule has 70 heavy (non-hydrogen) atoms. The van der Waals surface area contributed by atoms with Crippen molar-refractivity contribution in [2.45, 2.75) is 345 Å². The minimum absolute atomic E-state index is 0.0614. The van der Waals surface area contributed by atoms with Crippen LogP contribution in [0.3, 0.4) is 0 Å². The molecule has 0 spiro atoms. The first-order valence-corrected chi connectivity index (χ1v) is 31.0. The van der Waals surface area contributed by atoms with E-state index < -0.39 is 41.8 Å². The fourth-order valence-electron chi connectivity index (χ4n) is 10.0. The lowest BCUT2D eigenvalue weighted by Crippen LogP contribution is -2.62. The molecule has 2 unspecified atom stereocenters. The summed E-state index contributed by atoms with van der Waals surface area (Å²) < 4.78 is 31.9. The van der Waals surface area contributed by atoms with Crippen molar-refractivity contribution in [1.82, 2.24) is 0 Å². The van der Waals surface area contributed by atoms with E-state index in [4.69, 9.17) is 29.4 Å². The van der Waals surface area contributed by atoms with E-state index in [0.29, 0.717) is 25.7 Å². The maximum atomic E-state index is 14.0. The van der Waals surface area contributed by atoms with Crippen LogP contribution in [0.15, 0.2) is 0 Å². The smallest absolute Gasteiger partial charge is 0.306 e. The highest BCUT2D eigenvalue weighted by Gasteiger charge is 2.53. The van der Waals surface area contributed by atoms with Crippen molar-refractivity contribution < 1.29 is 42.9 Å². The number of carbonyl (C=O) groups excluding carboxylic acids is 4. The molecular formula is C59H109NO9S. The number of rotatable bonds is 47. The molecule has 0 radical (unpaired) electrons. The Morgan fingerprint density at radius 2 is 0.729 bits per heavy atom. The lowest BCUT2D eigenvalue weighted by molar-refractivity contribution is -0.239. The lowest BCUT2D eigenvalue weighted by Gasteiger charge is -2.45. The molecule has 11 heteroatoms. The van der Waals surface area contributed by atoms with Gasteiger partial charge in [-0.3, -0.25) is 19.2 Å². The fourth-order valence-corrected chi connectivity index (χ4v) is 11.6. The van der Waals surface area contributed by atoms with Crippen molar-refractivity contribution in [2.75, 3.05) is 6.61 Å². The number of nitrogens with two attached hydrogens (primary N) is 1. The summed E-state index contributed by atoms with van der Waals surface area (Å²) in [4.78, 5) is 55.0. The van der Waals surface area contributed by atoms with Crippen LogP contribution in [0.4, 0.5) is 0 Å². The summed E-state index contributed by atoms with van der Waals surface area (Å²) >= 11 is 1.55. The van der Waals surface area contributed by atoms with Crippen LogP contribution in [0, 0.1) is 0 Å². The van der Waals surface area contributed by atoms with Gasteiger partial charge in [0, 0.05) is 37.0 Å². The normalized spacial score (nSPS) is 21.2. The first-order chi connectivity index (χ1) is 34.2. The summed E-state index contributed by atoms with van der Waals surface area (Å²) in [5, 5.41) is 0.137. The van der Waals surface area contributed by atoms with E-state index in [0.717, 1.165) is 96.3 Å². The van der Waals surface area contributed by atoms with E-state index in [9.17, 15) is 19.2 Å². The average molecular weight is 1010 g/mol. The zero-order valence-corrected chi connectivity index (χ0v) is 46.6. The average Bonchev–Trinajstić information content (AvgIpc) is 3.76. The predicted octanol–water partition coefficient (Wildman–Crippen LogP) is 16.3. The quantitative estimate of drug-likeness (QED) is 0.0354. The zero-order valence-electron chi connectivity index (χ0n) is 45.8. The predicted molar refractivity (Wildman–Crippen MR) is 290 cm³/mol. The van der Waals surface area contributed by atoms with Crippen LogP contribution >= 0.6 is 11.8 Å². The van der Waals surface area contributed by atoms with Gasteiger partial charge >= 0.3 is 23.9 Å². The molecule has 1 saturated heterocycles. The largest absolute Gasteiger partial charge is 0.463 e. The molecule has 410 valence electrons. The first-order valence-electron chi connectivity index (χ1n) is 30.0. The van der Waals surface area contributed by atoms with Crippen molar-refractivity contribution >= 4 is 35.6 Å². The molecule has 1 aliphatic carbocycles. The SMILES string of the molecule is CCCCCCCCCCCC(=O)OC[C@H]1O[C@@H](SC2CCC(N)C2)[C@H](OC(=O)CCCCCCCCCCC)[C@@H](OC(=O)CCCCCCCCCCC)[C@H]1OC(=O)CCCCCCCCCCC. The molecule has 0 aromatic carbocycles. The van der Waals surface area contributed by atoms with Crippen LogP contribution < -0.4 is 5.73 Å². The van der Waals surface area contributed by atoms with Gasteiger partial charge in [0.1, 0.15) is 18.1 Å². The molecule has 1 aliphatic heterocycles. The molecule has 7 atom stereocenters. The summed E-state index contributed by atoms with van der Waals surface area (Å²) in [5.41, 5.74) is 5.66. The maximum absolute atomic E-state index is 14.0. The molecular weight excluding hydrogens is 899 g/mol. The highest BCUT2D eigenvalue weighted by atomic mass is 32.2. The van der Waals surface area contributed by atoms with Gasteiger partial charge in [-0.1, -0.05) is 233 Å². The Morgan fingerprint density at radius 3 is 1.07 bits per heavy atom. The molecule has 0 amide bonds. The van der Waals surface area contributed by atoms with Crippen LogP contribution in [-0.2, 0) is 42.9 Å². The number of ether oxygens (including phenoxy) is 5. The Morgan fingerprint density at radius 1 is 0.414 bits per heavy atom. The third-order valence-electron chi connectivity index (χ3n) is 14.5. The summed E-state index contributed by atoms with van der Waals surface area (Å²) in [7, 11) is 0. The molecule has 2 fully saturated rings. The Bertz CT molecular complexity index is 1290. The van der Waals surface area contributed by atoms with Gasteiger partial charge < -0.3 is 29.4 Å². The molecule has 1 heterocycles. The third kappa shape index (κ3) is 33.1. The second kappa shape index (κ2) is 44.6. The van der Waals surface area contributed by atoms with Gasteiger partial charge in [-0.05, 0) is 44.9 Å². The monoisotopic (exact) mass is 1010 g/mol. The van der Waals surface area contributed by atoms with Gasteiger partial charge in [-0.2, -0.15) is 0 Å². The zero-order chi connectivity index (χ0) is 50.7. The minimum atomic E-state index is -1.13. The van der Waals surface area contributed by atoms with Crippen molar-refractivity contribution in [3.05, 3.63) is 0 Å². The standard InChI is InChI=1S/C59H109NO9S/c1-5-9-13-17-21-25-29-33-37-41-52(61)65-48-51-56(67-53(62)42-38-34-30-26-22-18-14-10-6-2)57(68-54(63)43-39-35-31-27-23-19-15-11-7-3)58(59(66-51)70-50-46-45-49(60)47-50)69-55(64)44-40-36-32-28-24-20-16-12-8-4/h49-51,56-59H,5-48,60H2,1-4H3/t49?,50?,51-,56+,57+,58-,59+/m1/s1. The summed E-state index contributed by atoms with van der Waals surface area (Å²) in [6.45, 7) is 8.76. The Balaban J connectivity index is 2.30. The number of thioether (sulfide) groups is 1. The van der Waals surface area contributed by atoms with Crippen LogP contribution in [0.5, 0.6) is 0 Å². The van der Waals surface area contributed by atoms with Crippen LogP contribution in [0.1, 0.15) is 304 Å². The van der Waals surface area contributed by atoms with E-state index in [2.05, 4.69) is 27.7 Å². The number of unbranched alkanes of at least 4 members (excludes halogenated alkanes) is 32. The summed E-state index contributed by atoms with van der Waals surface area (Å²) in [6, 6.07) is 0.0614. The van der Waals surface area contributed by atoms with Crippen molar-refractivity contribution in [1.29, 1.82) is 0 Å². The third-order valence-corrected chi connectivity index (χ3v) is 16.0. The molecule has 0 aromatic rings. The Labute approximate surface area is 434 Å². The van der Waals surface area contributed by atoms with Crippen LogP contribution in [-0.4, -0.2) is 71.6 Å². The van der Waals surface area contributed by atoms with Gasteiger partial charge in [0.15, 0.2) is 18.3 Å². The number of carbonyl (C=O) groups is 4. The molecule has 0 bridgehead atoms. The first kappa shape index (κ1) is 64.3. The van der Waals surface area contributed by atoms with E-state index in [1.807, 2.05) is 0 Å². The van der Waals surface area contributed by atoms with Crippen LogP contribution in [0.25, 0.3) is 0 Å². The van der Waals surface area contributed by atoms with Crippen LogP contribution in [0.2, 0.25) is 0 Å². The van der Waals surface area contributed by atoms with Crippen molar-refractivity contribution in [2.24, 2.45) is 5.73 Å². The molecule has 2 aliphatic rings. The summed E-state index contributed by atoms with van der Waals surface area (Å²) in [6.07, 6.45) is 39.8. The second-order valence-electron chi connectivity index (χ2n) is 21.2. The second-order valence-corrected chi connectivity index (χ2v) is 22.6. The van der Waals surface area contributed by atoms with Gasteiger partial charge in [0.2, 0.25) is 0 Å². The van der Waals surface area contributed by atoms with Crippen molar-refractivity contribution in [3.8, 4) is 0 Å². The fraction of sp³-hybridized carbons (Fsp3) is 0.932. The molecule has 2 rings (SSSR count). The highest BCUT2D eigenvalue weighted by Crippen LogP contribution is 2.40. The van der Waals surface area contributed by atoms with Gasteiger partial charge in [0.05, 0.1) is 0 Å². The van der Waals surface area contributed by atoms with E-state index >= 15 is 0 Å². The van der Waals surface area contributed by atoms with E-state index in [1.54, 1.807) is 11.8 Å². The van der Waals surface area contributed by atoms with E-state index in [-0.39, 0.29) is 49.1 Å². The number of esters is 4. The molecule has 1 saturated carbocycles. The Hall–Kier alpha value is -1.85. The topological polar surface area (TPSA) is 140 Å². The summed E-state index contributed by atoms with van der Waals surface area (Å²) in [5.74, 6) is -1.54. The van der Waals surface area contributed by atoms with E-state index in [1.165, 1.54) is 135 Å². The highest BCUT2D eigenvalue weighted by molar-refractivity contribution is 8.00. The molecule has 10 nitrogen and oxygen atoms in total. The van der Waals surface area contributed by atoms with Gasteiger partial charge in [-0.15, -0.1) is 11.8 Å². The lowest BCUT2D eigenvalue weighted by atomic mass is 9.98. The molecule has 0 aromatic heterocycles. The maximum Gasteiger partial charge on any atom is 0.306 e.